The first-order chi connectivity index (χ1) is 18.4. The van der Waals surface area contributed by atoms with Crippen LogP contribution in [0.4, 0.5) is 17.2 Å². The minimum absolute atomic E-state index is 0.138. The number of rotatable bonds is 8. The van der Waals surface area contributed by atoms with Crippen molar-refractivity contribution < 1.29 is 24.2 Å². The van der Waals surface area contributed by atoms with Crippen LogP contribution in [0.5, 0.6) is 11.6 Å². The van der Waals surface area contributed by atoms with Gasteiger partial charge in [-0.2, -0.15) is 10.1 Å². The molecule has 3 heterocycles. The summed E-state index contributed by atoms with van der Waals surface area (Å²) in [5.41, 5.74) is 3.57. The third kappa shape index (κ3) is 4.93. The van der Waals surface area contributed by atoms with E-state index in [1.54, 1.807) is 66.5 Å². The fourth-order valence-corrected chi connectivity index (χ4v) is 3.81. The van der Waals surface area contributed by atoms with Crippen molar-refractivity contribution >= 4 is 34.7 Å². The summed E-state index contributed by atoms with van der Waals surface area (Å²) in [5.74, 6) is -0.0123. The molecule has 1 amide bonds. The van der Waals surface area contributed by atoms with E-state index < -0.39 is 5.97 Å². The van der Waals surface area contributed by atoms with Crippen molar-refractivity contribution in [3.63, 3.8) is 0 Å². The van der Waals surface area contributed by atoms with E-state index >= 15 is 0 Å². The van der Waals surface area contributed by atoms with E-state index in [1.807, 2.05) is 12.1 Å². The fraction of sp³-hybridized carbons (Fsp3) is 0.0741. The topological polar surface area (TPSA) is 140 Å². The number of nitrogens with zero attached hydrogens (tertiary/aromatic N) is 4. The number of aromatic carboxylic acids is 1. The van der Waals surface area contributed by atoms with Crippen LogP contribution in [-0.4, -0.2) is 50.8 Å². The Bertz CT molecular complexity index is 1650. The zero-order chi connectivity index (χ0) is 26.6. The van der Waals surface area contributed by atoms with Crippen LogP contribution in [0, 0.1) is 0 Å². The first kappa shape index (κ1) is 24.3. The van der Waals surface area contributed by atoms with Crippen molar-refractivity contribution in [3.05, 3.63) is 90.3 Å². The molecule has 190 valence electrons. The number of nitrogens with one attached hydrogen (secondary N) is 2. The molecule has 0 saturated carbocycles. The number of methoxy groups -OCH3 is 2. The Morgan fingerprint density at radius 3 is 2.50 bits per heavy atom. The highest BCUT2D eigenvalue weighted by Crippen LogP contribution is 2.30. The van der Waals surface area contributed by atoms with E-state index in [9.17, 15) is 9.59 Å². The predicted molar refractivity (Wildman–Crippen MR) is 140 cm³/mol. The maximum atomic E-state index is 12.9. The quantitative estimate of drug-likeness (QED) is 0.275. The number of fused-ring (bicyclic) bond motifs is 1. The lowest BCUT2D eigenvalue weighted by atomic mass is 10.1. The Labute approximate surface area is 216 Å². The molecule has 3 N–H and O–H groups in total. The van der Waals surface area contributed by atoms with Crippen LogP contribution in [0.25, 0.3) is 16.9 Å². The molecule has 0 atom stereocenters. The minimum atomic E-state index is -1.03. The van der Waals surface area contributed by atoms with Crippen molar-refractivity contribution in [1.82, 2.24) is 19.6 Å². The van der Waals surface area contributed by atoms with Gasteiger partial charge in [-0.25, -0.2) is 14.3 Å². The molecule has 0 unspecified atom stereocenters. The smallest absolute Gasteiger partial charge is 0.335 e. The number of carboxylic acid groups (broad SMARTS) is 1. The number of pyridine rings is 1. The number of amides is 1. The molecule has 2 aromatic carbocycles. The van der Waals surface area contributed by atoms with Gasteiger partial charge < -0.3 is 25.2 Å². The first-order valence-electron chi connectivity index (χ1n) is 11.4. The second kappa shape index (κ2) is 10.3. The van der Waals surface area contributed by atoms with Gasteiger partial charge in [0.15, 0.2) is 11.4 Å². The van der Waals surface area contributed by atoms with Gasteiger partial charge >= 0.3 is 5.97 Å². The predicted octanol–water partition coefficient (Wildman–Crippen LogP) is 4.50. The van der Waals surface area contributed by atoms with Crippen LogP contribution < -0.4 is 20.1 Å². The zero-order valence-corrected chi connectivity index (χ0v) is 20.4. The third-order valence-electron chi connectivity index (χ3n) is 5.67. The van der Waals surface area contributed by atoms with Gasteiger partial charge in [0.2, 0.25) is 0 Å². The van der Waals surface area contributed by atoms with Crippen molar-refractivity contribution in [2.45, 2.75) is 0 Å². The molecule has 11 heteroatoms. The molecule has 0 saturated heterocycles. The summed E-state index contributed by atoms with van der Waals surface area (Å²) in [7, 11) is 3.06. The average Bonchev–Trinajstić information content (AvgIpc) is 3.42. The van der Waals surface area contributed by atoms with Crippen LogP contribution in [-0.2, 0) is 0 Å². The number of carbonyl (C=O) groups is 2. The number of hydrogen-bond donors (Lipinski definition) is 3. The average molecular weight is 511 g/mol. The van der Waals surface area contributed by atoms with Crippen LogP contribution in [0.2, 0.25) is 0 Å². The Morgan fingerprint density at radius 1 is 0.947 bits per heavy atom. The summed E-state index contributed by atoms with van der Waals surface area (Å²) >= 11 is 0. The summed E-state index contributed by atoms with van der Waals surface area (Å²) in [6, 6.07) is 18.3. The van der Waals surface area contributed by atoms with Crippen molar-refractivity contribution in [2.75, 3.05) is 24.9 Å². The monoisotopic (exact) mass is 510 g/mol. The lowest BCUT2D eigenvalue weighted by Crippen LogP contribution is -2.12. The molecule has 3 aromatic heterocycles. The highest BCUT2D eigenvalue weighted by Gasteiger charge is 2.14. The summed E-state index contributed by atoms with van der Waals surface area (Å²) in [4.78, 5) is 32.8. The van der Waals surface area contributed by atoms with E-state index in [0.29, 0.717) is 51.3 Å². The van der Waals surface area contributed by atoms with Crippen LogP contribution in [0.1, 0.15) is 20.7 Å². The lowest BCUT2D eigenvalue weighted by Gasteiger charge is -2.12. The van der Waals surface area contributed by atoms with E-state index in [0.717, 1.165) is 0 Å². The van der Waals surface area contributed by atoms with Gasteiger partial charge in [-0.15, -0.1) is 0 Å². The van der Waals surface area contributed by atoms with Gasteiger partial charge in [-0.05, 0) is 54.6 Å². The van der Waals surface area contributed by atoms with Gasteiger partial charge in [-0.3, -0.25) is 4.79 Å². The molecular weight excluding hydrogens is 488 g/mol. The maximum Gasteiger partial charge on any atom is 0.335 e. The number of hydrogen-bond acceptors (Lipinski definition) is 8. The number of imidazole rings is 1. The molecule has 5 aromatic rings. The van der Waals surface area contributed by atoms with Gasteiger partial charge in [0.05, 0.1) is 31.2 Å². The van der Waals surface area contributed by atoms with E-state index in [4.69, 9.17) is 14.6 Å². The molecule has 0 bridgehead atoms. The van der Waals surface area contributed by atoms with E-state index in [2.05, 4.69) is 25.7 Å². The number of carboxylic acids is 1. The summed E-state index contributed by atoms with van der Waals surface area (Å²) in [6.07, 6.45) is 3.36. The minimum Gasteiger partial charge on any atom is -0.491 e. The number of anilines is 3. The molecule has 11 nitrogen and oxygen atoms in total. The largest absolute Gasteiger partial charge is 0.491 e. The maximum absolute atomic E-state index is 12.9. The van der Waals surface area contributed by atoms with Gasteiger partial charge in [0.25, 0.3) is 11.8 Å². The summed E-state index contributed by atoms with van der Waals surface area (Å²) < 4.78 is 12.2. The Kier molecular flexibility index (Phi) is 6.55. The Hall–Kier alpha value is -5.45. The van der Waals surface area contributed by atoms with Gasteiger partial charge in [-0.1, -0.05) is 12.1 Å². The van der Waals surface area contributed by atoms with Gasteiger partial charge in [0.1, 0.15) is 5.82 Å². The molecule has 0 spiro atoms. The van der Waals surface area contributed by atoms with Crippen LogP contribution in [0.15, 0.2) is 79.1 Å². The normalized spacial score (nSPS) is 10.7. The number of benzene rings is 2. The van der Waals surface area contributed by atoms with Crippen LogP contribution >= 0.6 is 0 Å². The zero-order valence-electron chi connectivity index (χ0n) is 20.4. The van der Waals surface area contributed by atoms with Crippen molar-refractivity contribution in [2.24, 2.45) is 0 Å². The summed E-state index contributed by atoms with van der Waals surface area (Å²) in [5, 5.41) is 19.7. The van der Waals surface area contributed by atoms with E-state index in [-0.39, 0.29) is 11.5 Å². The number of carbonyl (C=O) groups excluding carboxylic acids is 1. The second-order valence-corrected chi connectivity index (χ2v) is 8.09. The Balaban J connectivity index is 1.44. The van der Waals surface area contributed by atoms with Crippen LogP contribution in [0.3, 0.4) is 0 Å². The molecule has 0 fully saturated rings. The molecule has 0 aliphatic rings. The molecule has 5 rings (SSSR count). The van der Waals surface area contributed by atoms with E-state index in [1.165, 1.54) is 19.2 Å². The molecular formula is C27H22N6O5. The number of aromatic nitrogens is 4. The fourth-order valence-electron chi connectivity index (χ4n) is 3.81. The lowest BCUT2D eigenvalue weighted by molar-refractivity contribution is 0.0696. The summed E-state index contributed by atoms with van der Waals surface area (Å²) in [6.45, 7) is 0. The molecule has 0 aliphatic heterocycles. The van der Waals surface area contributed by atoms with Gasteiger partial charge in [0, 0.05) is 29.2 Å². The molecule has 0 radical (unpaired) electrons. The highest BCUT2D eigenvalue weighted by atomic mass is 16.5. The second-order valence-electron chi connectivity index (χ2n) is 8.09. The SMILES string of the molecule is COc1ccc(Nc2cc(-c3cccc(C(=O)Nc4ccc(C(=O)O)cc4)c3)nn3ccnc23)nc1OC. The van der Waals surface area contributed by atoms with Crippen molar-refractivity contribution in [3.8, 4) is 22.9 Å². The van der Waals surface area contributed by atoms with Crippen molar-refractivity contribution in [1.29, 1.82) is 0 Å². The highest BCUT2D eigenvalue weighted by molar-refractivity contribution is 6.05. The standard InChI is InChI=1S/C27H22N6O5/c1-37-22-10-11-23(31-26(22)38-2)30-21-15-20(32-33-13-12-28-24(21)33)17-4-3-5-18(14-17)25(34)29-19-8-6-16(7-9-19)27(35)36/h3-15H,1-2H3,(H,29,34)(H,30,31)(H,35,36). The molecule has 0 aliphatic carbocycles. The third-order valence-corrected chi connectivity index (χ3v) is 5.67. The Morgan fingerprint density at radius 2 is 1.76 bits per heavy atom. The first-order valence-corrected chi connectivity index (χ1v) is 11.4. The molecule has 38 heavy (non-hydrogen) atoms. The number of ether oxygens (including phenoxy) is 2.